The topological polar surface area (TPSA) is 6.48 Å². The van der Waals surface area contributed by atoms with Gasteiger partial charge in [-0.3, -0.25) is 4.90 Å². The first-order chi connectivity index (χ1) is 9.17. The van der Waals surface area contributed by atoms with E-state index in [2.05, 4.69) is 54.1 Å². The summed E-state index contributed by atoms with van der Waals surface area (Å²) in [7, 11) is 2.31. The van der Waals surface area contributed by atoms with Crippen LogP contribution in [0.15, 0.2) is 30.3 Å². The number of hydrogen-bond donors (Lipinski definition) is 0. The Labute approximate surface area is 117 Å². The first kappa shape index (κ1) is 13.1. The second-order valence-electron chi connectivity index (χ2n) is 6.74. The maximum atomic E-state index is 2.64. The highest BCUT2D eigenvalue weighted by Crippen LogP contribution is 2.40. The highest BCUT2D eigenvalue weighted by Gasteiger charge is 2.43. The van der Waals surface area contributed by atoms with E-state index >= 15 is 0 Å². The van der Waals surface area contributed by atoms with Crippen LogP contribution >= 0.6 is 0 Å². The molecule has 2 saturated heterocycles. The fourth-order valence-electron chi connectivity index (χ4n) is 4.12. The molecule has 2 atom stereocenters. The van der Waals surface area contributed by atoms with Crippen molar-refractivity contribution in [1.29, 1.82) is 0 Å². The van der Waals surface area contributed by atoms with E-state index in [1.54, 1.807) is 0 Å². The molecule has 0 aromatic heterocycles. The third-order valence-electron chi connectivity index (χ3n) is 5.16. The van der Waals surface area contributed by atoms with Crippen molar-refractivity contribution in [2.24, 2.45) is 5.41 Å². The number of hydrogen-bond acceptors (Lipinski definition) is 2. The zero-order valence-electron chi connectivity index (χ0n) is 12.3. The molecule has 19 heavy (non-hydrogen) atoms. The molecule has 2 aliphatic rings. The van der Waals surface area contributed by atoms with Gasteiger partial charge in [0.25, 0.3) is 0 Å². The third kappa shape index (κ3) is 2.70. The Morgan fingerprint density at radius 2 is 2.00 bits per heavy atom. The molecule has 1 aromatic carbocycles. The molecule has 0 N–H and O–H groups in total. The van der Waals surface area contributed by atoms with Crippen LogP contribution in [-0.4, -0.2) is 42.5 Å². The lowest BCUT2D eigenvalue weighted by Crippen LogP contribution is -2.42. The first-order valence-electron chi connectivity index (χ1n) is 7.64. The molecule has 2 fully saturated rings. The van der Waals surface area contributed by atoms with Gasteiger partial charge in [0.2, 0.25) is 0 Å². The Hall–Kier alpha value is -0.860. The average Bonchev–Trinajstić information content (AvgIpc) is 2.98. The summed E-state index contributed by atoms with van der Waals surface area (Å²) in [5.74, 6) is 0. The molecule has 0 aliphatic carbocycles. The van der Waals surface area contributed by atoms with Crippen LogP contribution in [0.5, 0.6) is 0 Å². The van der Waals surface area contributed by atoms with Crippen LogP contribution in [0.25, 0.3) is 0 Å². The number of nitrogens with zero attached hydrogens (tertiary/aromatic N) is 2. The molecule has 0 unspecified atom stereocenters. The molecule has 2 aliphatic heterocycles. The van der Waals surface area contributed by atoms with Gasteiger partial charge in [0, 0.05) is 19.1 Å². The molecule has 0 radical (unpaired) electrons. The van der Waals surface area contributed by atoms with E-state index < -0.39 is 0 Å². The summed E-state index contributed by atoms with van der Waals surface area (Å²) in [5, 5.41) is 0. The Morgan fingerprint density at radius 1 is 1.21 bits per heavy atom. The van der Waals surface area contributed by atoms with Gasteiger partial charge in [-0.25, -0.2) is 0 Å². The Balaban J connectivity index is 1.63. The lowest BCUT2D eigenvalue weighted by Gasteiger charge is -2.36. The van der Waals surface area contributed by atoms with Crippen molar-refractivity contribution in [2.45, 2.75) is 38.8 Å². The SMILES string of the molecule is CN1CCC[C@H]1[C@]1(C)CCN(Cc2ccccc2)C1. The van der Waals surface area contributed by atoms with Crippen molar-refractivity contribution in [3.8, 4) is 0 Å². The van der Waals surface area contributed by atoms with Gasteiger partial charge in [0.15, 0.2) is 0 Å². The van der Waals surface area contributed by atoms with Crippen LogP contribution in [0.3, 0.4) is 0 Å². The molecule has 2 nitrogen and oxygen atoms in total. The third-order valence-corrected chi connectivity index (χ3v) is 5.16. The standard InChI is InChI=1S/C17H26N2/c1-17(16-9-6-11-18(16)2)10-12-19(14-17)13-15-7-4-3-5-8-15/h3-5,7-8,16H,6,9-14H2,1-2H3/t16-,17+/m0/s1. The second-order valence-corrected chi connectivity index (χ2v) is 6.74. The molecule has 0 bridgehead atoms. The Morgan fingerprint density at radius 3 is 2.68 bits per heavy atom. The molecule has 0 amide bonds. The molecule has 3 rings (SSSR count). The monoisotopic (exact) mass is 258 g/mol. The van der Waals surface area contributed by atoms with Crippen LogP contribution in [0.2, 0.25) is 0 Å². The second kappa shape index (κ2) is 5.26. The minimum absolute atomic E-state index is 0.500. The predicted molar refractivity (Wildman–Crippen MR) is 80.1 cm³/mol. The van der Waals surface area contributed by atoms with Crippen molar-refractivity contribution in [2.75, 3.05) is 26.7 Å². The van der Waals surface area contributed by atoms with Crippen LogP contribution in [0, 0.1) is 5.41 Å². The van der Waals surface area contributed by atoms with Gasteiger partial charge in [-0.05, 0) is 50.4 Å². The molecule has 2 heterocycles. The van der Waals surface area contributed by atoms with E-state index in [4.69, 9.17) is 0 Å². The normalized spacial score (nSPS) is 33.1. The zero-order valence-corrected chi connectivity index (χ0v) is 12.3. The van der Waals surface area contributed by atoms with Crippen molar-refractivity contribution in [3.63, 3.8) is 0 Å². The van der Waals surface area contributed by atoms with Gasteiger partial charge in [-0.2, -0.15) is 0 Å². The van der Waals surface area contributed by atoms with Crippen LogP contribution in [-0.2, 0) is 6.54 Å². The van der Waals surface area contributed by atoms with Crippen molar-refractivity contribution < 1.29 is 0 Å². The maximum Gasteiger partial charge on any atom is 0.0233 e. The average molecular weight is 258 g/mol. The fourth-order valence-corrected chi connectivity index (χ4v) is 4.12. The van der Waals surface area contributed by atoms with E-state index in [0.29, 0.717) is 5.41 Å². The van der Waals surface area contributed by atoms with Crippen LogP contribution in [0.4, 0.5) is 0 Å². The zero-order chi connectivity index (χ0) is 13.3. The quantitative estimate of drug-likeness (QED) is 0.822. The summed E-state index contributed by atoms with van der Waals surface area (Å²) in [5.41, 5.74) is 1.95. The molecule has 0 saturated carbocycles. The first-order valence-corrected chi connectivity index (χ1v) is 7.64. The largest absolute Gasteiger partial charge is 0.303 e. The minimum atomic E-state index is 0.500. The highest BCUT2D eigenvalue weighted by atomic mass is 15.2. The van der Waals surface area contributed by atoms with Crippen LogP contribution < -0.4 is 0 Å². The Bertz CT molecular complexity index is 417. The summed E-state index contributed by atoms with van der Waals surface area (Å²) >= 11 is 0. The van der Waals surface area contributed by atoms with E-state index in [1.165, 1.54) is 44.5 Å². The molecular formula is C17H26N2. The number of benzene rings is 1. The van der Waals surface area contributed by atoms with E-state index in [1.807, 2.05) is 0 Å². The molecule has 104 valence electrons. The summed E-state index contributed by atoms with van der Waals surface area (Å²) in [4.78, 5) is 5.23. The van der Waals surface area contributed by atoms with Gasteiger partial charge >= 0.3 is 0 Å². The summed E-state index contributed by atoms with van der Waals surface area (Å²) in [6.45, 7) is 7.43. The molecule has 0 spiro atoms. The molecule has 1 aromatic rings. The van der Waals surface area contributed by atoms with Gasteiger partial charge in [-0.1, -0.05) is 37.3 Å². The number of rotatable bonds is 3. The summed E-state index contributed by atoms with van der Waals surface area (Å²) in [6.07, 6.45) is 4.14. The van der Waals surface area contributed by atoms with Gasteiger partial charge in [0.1, 0.15) is 0 Å². The summed E-state index contributed by atoms with van der Waals surface area (Å²) in [6, 6.07) is 11.7. The minimum Gasteiger partial charge on any atom is -0.303 e. The fraction of sp³-hybridized carbons (Fsp3) is 0.647. The molecular weight excluding hydrogens is 232 g/mol. The Kier molecular flexibility index (Phi) is 3.64. The van der Waals surface area contributed by atoms with Gasteiger partial charge < -0.3 is 4.90 Å². The maximum absolute atomic E-state index is 2.64. The van der Waals surface area contributed by atoms with Gasteiger partial charge in [-0.15, -0.1) is 0 Å². The lowest BCUT2D eigenvalue weighted by atomic mass is 9.80. The smallest absolute Gasteiger partial charge is 0.0233 e. The van der Waals surface area contributed by atoms with Crippen molar-refractivity contribution in [1.82, 2.24) is 9.80 Å². The van der Waals surface area contributed by atoms with Crippen LogP contribution in [0.1, 0.15) is 31.7 Å². The predicted octanol–water partition coefficient (Wildman–Crippen LogP) is 2.99. The summed E-state index contributed by atoms with van der Waals surface area (Å²) < 4.78 is 0. The van der Waals surface area contributed by atoms with E-state index in [9.17, 15) is 0 Å². The van der Waals surface area contributed by atoms with Gasteiger partial charge in [0.05, 0.1) is 0 Å². The molecule has 2 heteroatoms. The van der Waals surface area contributed by atoms with Crippen molar-refractivity contribution >= 4 is 0 Å². The number of likely N-dealkylation sites (tertiary alicyclic amines) is 2. The van der Waals surface area contributed by atoms with E-state index in [-0.39, 0.29) is 0 Å². The van der Waals surface area contributed by atoms with Crippen molar-refractivity contribution in [3.05, 3.63) is 35.9 Å². The van der Waals surface area contributed by atoms with E-state index in [0.717, 1.165) is 12.6 Å². The lowest BCUT2D eigenvalue weighted by molar-refractivity contribution is 0.134. The highest BCUT2D eigenvalue weighted by molar-refractivity contribution is 5.15.